The summed E-state index contributed by atoms with van der Waals surface area (Å²) in [6.07, 6.45) is 3.88. The maximum absolute atomic E-state index is 9.15. The van der Waals surface area contributed by atoms with E-state index in [4.69, 9.17) is 16.0 Å². The van der Waals surface area contributed by atoms with E-state index in [1.807, 2.05) is 17.9 Å². The number of aromatic nitrogens is 1. The Morgan fingerprint density at radius 2 is 2.33 bits per heavy atom. The fourth-order valence-corrected chi connectivity index (χ4v) is 2.08. The maximum Gasteiger partial charge on any atom is 0.174 e. The van der Waals surface area contributed by atoms with Crippen LogP contribution >= 0.6 is 0 Å². The van der Waals surface area contributed by atoms with E-state index in [1.54, 1.807) is 6.20 Å². The molecule has 2 rings (SSSR count). The minimum Gasteiger partial charge on any atom is -0.409 e. The second kappa shape index (κ2) is 5.22. The Hall–Kier alpha value is -1.82. The molecule has 1 fully saturated rings. The molecule has 0 atom stereocenters. The summed E-state index contributed by atoms with van der Waals surface area (Å²) in [5, 5.41) is 21.1. The predicted molar refractivity (Wildman–Crippen MR) is 68.9 cm³/mol. The molecule has 4 N–H and O–H groups in total. The Morgan fingerprint density at radius 3 is 2.89 bits per heavy atom. The monoisotopic (exact) mass is 250 g/mol. The molecule has 98 valence electrons. The van der Waals surface area contributed by atoms with Crippen LogP contribution in [0.15, 0.2) is 17.4 Å². The number of nitrogens with two attached hydrogens (primary N) is 1. The van der Waals surface area contributed by atoms with E-state index < -0.39 is 0 Å². The van der Waals surface area contributed by atoms with E-state index >= 15 is 0 Å². The van der Waals surface area contributed by atoms with Crippen LogP contribution in [0, 0.1) is 6.92 Å². The number of oxime groups is 1. The predicted octanol–water partition coefficient (Wildman–Crippen LogP) is 0.446. The van der Waals surface area contributed by atoms with Gasteiger partial charge in [-0.05, 0) is 31.4 Å². The van der Waals surface area contributed by atoms with Crippen LogP contribution in [0.4, 0.5) is 5.82 Å². The summed E-state index contributed by atoms with van der Waals surface area (Å²) in [6.45, 7) is 2.46. The van der Waals surface area contributed by atoms with Gasteiger partial charge in [-0.2, -0.15) is 0 Å². The molecule has 0 aromatic carbocycles. The van der Waals surface area contributed by atoms with Crippen LogP contribution in [0.1, 0.15) is 24.0 Å². The van der Waals surface area contributed by atoms with E-state index in [1.165, 1.54) is 0 Å². The summed E-state index contributed by atoms with van der Waals surface area (Å²) in [5.74, 6) is 0.737. The summed E-state index contributed by atoms with van der Waals surface area (Å²) in [5.41, 5.74) is 7.26. The van der Waals surface area contributed by atoms with E-state index in [2.05, 4.69) is 10.1 Å². The zero-order valence-electron chi connectivity index (χ0n) is 10.4. The first-order valence-corrected chi connectivity index (χ1v) is 6.00. The molecule has 0 saturated heterocycles. The van der Waals surface area contributed by atoms with Crippen LogP contribution in [0.3, 0.4) is 0 Å². The molecule has 0 radical (unpaired) electrons. The summed E-state index contributed by atoms with van der Waals surface area (Å²) in [4.78, 5) is 6.36. The number of anilines is 1. The highest BCUT2D eigenvalue weighted by Crippen LogP contribution is 2.32. The van der Waals surface area contributed by atoms with Crippen molar-refractivity contribution in [3.63, 3.8) is 0 Å². The largest absolute Gasteiger partial charge is 0.409 e. The van der Waals surface area contributed by atoms with Gasteiger partial charge in [-0.3, -0.25) is 0 Å². The van der Waals surface area contributed by atoms with Gasteiger partial charge in [-0.15, -0.1) is 0 Å². The molecule has 0 spiro atoms. The van der Waals surface area contributed by atoms with Gasteiger partial charge >= 0.3 is 0 Å². The smallest absolute Gasteiger partial charge is 0.174 e. The van der Waals surface area contributed by atoms with Gasteiger partial charge in [0.25, 0.3) is 0 Å². The van der Waals surface area contributed by atoms with Crippen molar-refractivity contribution in [2.45, 2.75) is 25.8 Å². The van der Waals surface area contributed by atoms with E-state index in [0.29, 0.717) is 24.0 Å². The Labute approximate surface area is 106 Å². The highest BCUT2D eigenvalue weighted by molar-refractivity contribution is 6.02. The van der Waals surface area contributed by atoms with Crippen LogP contribution < -0.4 is 10.6 Å². The number of aryl methyl sites for hydroxylation is 1. The summed E-state index contributed by atoms with van der Waals surface area (Å²) < 4.78 is 0. The third kappa shape index (κ3) is 2.38. The van der Waals surface area contributed by atoms with Crippen LogP contribution in [0.5, 0.6) is 0 Å². The van der Waals surface area contributed by atoms with Gasteiger partial charge in [0.1, 0.15) is 5.82 Å². The molecular weight excluding hydrogens is 232 g/mol. The minimum atomic E-state index is 0.0548. The number of aliphatic hydroxyl groups excluding tert-OH is 1. The van der Waals surface area contributed by atoms with Gasteiger partial charge < -0.3 is 20.9 Å². The maximum atomic E-state index is 9.15. The topological polar surface area (TPSA) is 95.0 Å². The number of hydrogen-bond donors (Lipinski definition) is 3. The highest BCUT2D eigenvalue weighted by atomic mass is 16.4. The number of amidine groups is 1. The molecule has 1 aromatic heterocycles. The number of pyridine rings is 1. The lowest BCUT2D eigenvalue weighted by atomic mass is 10.1. The van der Waals surface area contributed by atoms with Crippen LogP contribution in [-0.2, 0) is 0 Å². The lowest BCUT2D eigenvalue weighted by molar-refractivity contribution is 0.301. The lowest BCUT2D eigenvalue weighted by Crippen LogP contribution is -2.32. The summed E-state index contributed by atoms with van der Waals surface area (Å²) in [6, 6.07) is 2.22. The number of hydrogen-bond acceptors (Lipinski definition) is 5. The fourth-order valence-electron chi connectivity index (χ4n) is 2.08. The minimum absolute atomic E-state index is 0.0548. The molecule has 0 bridgehead atoms. The van der Waals surface area contributed by atoms with Crippen molar-refractivity contribution in [1.29, 1.82) is 0 Å². The molecule has 6 nitrogen and oxygen atoms in total. The Balaban J connectivity index is 2.44. The highest BCUT2D eigenvalue weighted by Gasteiger charge is 2.31. The molecule has 0 unspecified atom stereocenters. The van der Waals surface area contributed by atoms with Crippen molar-refractivity contribution < 1.29 is 10.3 Å². The fraction of sp³-hybridized carbons (Fsp3) is 0.500. The lowest BCUT2D eigenvalue weighted by Gasteiger charge is -2.25. The van der Waals surface area contributed by atoms with Crippen LogP contribution in [0.2, 0.25) is 0 Å². The second-order valence-corrected chi connectivity index (χ2v) is 4.46. The first-order valence-electron chi connectivity index (χ1n) is 6.00. The number of aliphatic hydroxyl groups is 1. The Bertz CT molecular complexity index is 457. The normalized spacial score (nSPS) is 15.8. The Kier molecular flexibility index (Phi) is 3.66. The molecule has 18 heavy (non-hydrogen) atoms. The quantitative estimate of drug-likeness (QED) is 0.305. The van der Waals surface area contributed by atoms with Crippen LogP contribution in [0.25, 0.3) is 0 Å². The van der Waals surface area contributed by atoms with Gasteiger partial charge in [0.15, 0.2) is 5.84 Å². The van der Waals surface area contributed by atoms with E-state index in [-0.39, 0.29) is 12.4 Å². The zero-order valence-corrected chi connectivity index (χ0v) is 10.4. The first kappa shape index (κ1) is 12.6. The van der Waals surface area contributed by atoms with Crippen molar-refractivity contribution in [2.24, 2.45) is 10.9 Å². The molecule has 1 aliphatic carbocycles. The average Bonchev–Trinajstić information content (AvgIpc) is 3.19. The molecule has 1 saturated carbocycles. The van der Waals surface area contributed by atoms with E-state index in [0.717, 1.165) is 18.4 Å². The Morgan fingerprint density at radius 1 is 1.61 bits per heavy atom. The molecular formula is C12H18N4O2. The first-order chi connectivity index (χ1) is 8.69. The summed E-state index contributed by atoms with van der Waals surface area (Å²) >= 11 is 0. The van der Waals surface area contributed by atoms with Gasteiger partial charge in [0.05, 0.1) is 12.2 Å². The number of nitrogens with zero attached hydrogens (tertiary/aromatic N) is 3. The SMILES string of the molecule is Cc1ccnc(N(CCO)C2CC2)c1/C(N)=N/O. The molecule has 6 heteroatoms. The van der Waals surface area contributed by atoms with Crippen molar-refractivity contribution in [3.05, 3.63) is 23.4 Å². The molecule has 1 aliphatic rings. The molecule has 1 aromatic rings. The van der Waals surface area contributed by atoms with Gasteiger partial charge in [0.2, 0.25) is 0 Å². The zero-order chi connectivity index (χ0) is 13.1. The van der Waals surface area contributed by atoms with Gasteiger partial charge in [-0.25, -0.2) is 4.98 Å². The van der Waals surface area contributed by atoms with E-state index in [9.17, 15) is 0 Å². The molecule has 1 heterocycles. The van der Waals surface area contributed by atoms with Crippen LogP contribution in [-0.4, -0.2) is 40.3 Å². The van der Waals surface area contributed by atoms with Crippen molar-refractivity contribution >= 4 is 11.7 Å². The number of rotatable bonds is 5. The summed E-state index contributed by atoms with van der Waals surface area (Å²) in [7, 11) is 0. The third-order valence-electron chi connectivity index (χ3n) is 3.10. The third-order valence-corrected chi connectivity index (χ3v) is 3.10. The van der Waals surface area contributed by atoms with Crippen molar-refractivity contribution in [3.8, 4) is 0 Å². The standard InChI is InChI=1S/C12H18N4O2/c1-8-4-5-14-12(10(8)11(13)15-18)16(6-7-17)9-2-3-9/h4-5,9,17-18H,2-3,6-7H2,1H3,(H2,13,15). The van der Waals surface area contributed by atoms with Crippen molar-refractivity contribution in [2.75, 3.05) is 18.1 Å². The van der Waals surface area contributed by atoms with Crippen molar-refractivity contribution in [1.82, 2.24) is 4.98 Å². The second-order valence-electron chi connectivity index (χ2n) is 4.46. The average molecular weight is 250 g/mol. The molecule has 0 amide bonds. The van der Waals surface area contributed by atoms with Gasteiger partial charge in [0, 0.05) is 18.8 Å². The van der Waals surface area contributed by atoms with Gasteiger partial charge in [-0.1, -0.05) is 5.16 Å². The molecule has 0 aliphatic heterocycles.